The highest BCUT2D eigenvalue weighted by Crippen LogP contribution is 2.26. The number of thiophene rings is 1. The molecular formula is C15H20N2O3S. The largest absolute Gasteiger partial charge is 0.442 e. The van der Waals surface area contributed by atoms with Crippen molar-refractivity contribution in [1.82, 2.24) is 5.32 Å². The number of nitrogens with one attached hydrogen (secondary N) is 1. The van der Waals surface area contributed by atoms with E-state index in [9.17, 15) is 9.59 Å². The summed E-state index contributed by atoms with van der Waals surface area (Å²) >= 11 is 1.51. The van der Waals surface area contributed by atoms with Crippen LogP contribution in [0.4, 0.5) is 9.80 Å². The summed E-state index contributed by atoms with van der Waals surface area (Å²) in [6, 6.07) is 3.81. The van der Waals surface area contributed by atoms with Gasteiger partial charge in [0, 0.05) is 5.92 Å². The number of nitrogens with zero attached hydrogens (tertiary/aromatic N) is 1. The van der Waals surface area contributed by atoms with Crippen LogP contribution in [-0.2, 0) is 9.53 Å². The molecule has 1 N–H and O–H groups in total. The van der Waals surface area contributed by atoms with E-state index in [0.29, 0.717) is 13.1 Å². The molecule has 114 valence electrons. The molecule has 2 amide bonds. The molecule has 1 aromatic heterocycles. The first-order valence-corrected chi connectivity index (χ1v) is 8.41. The van der Waals surface area contributed by atoms with Gasteiger partial charge in [-0.3, -0.25) is 9.69 Å². The van der Waals surface area contributed by atoms with Crippen LogP contribution in [0.25, 0.3) is 0 Å². The van der Waals surface area contributed by atoms with Crippen molar-refractivity contribution in [3.05, 3.63) is 17.5 Å². The van der Waals surface area contributed by atoms with E-state index in [1.54, 1.807) is 4.90 Å². The van der Waals surface area contributed by atoms with Crippen molar-refractivity contribution in [2.45, 2.75) is 38.2 Å². The maximum Gasteiger partial charge on any atom is 0.415 e. The van der Waals surface area contributed by atoms with Crippen molar-refractivity contribution >= 4 is 28.3 Å². The Labute approximate surface area is 128 Å². The average Bonchev–Trinajstić information content (AvgIpc) is 3.15. The molecule has 3 rings (SSSR count). The van der Waals surface area contributed by atoms with Crippen molar-refractivity contribution < 1.29 is 14.3 Å². The Morgan fingerprint density at radius 2 is 2.19 bits per heavy atom. The molecule has 1 atom stereocenters. The van der Waals surface area contributed by atoms with Gasteiger partial charge in [-0.15, -0.1) is 11.3 Å². The van der Waals surface area contributed by atoms with Crippen LogP contribution < -0.4 is 10.2 Å². The lowest BCUT2D eigenvalue weighted by Crippen LogP contribution is -2.38. The van der Waals surface area contributed by atoms with Crippen molar-refractivity contribution in [3.8, 4) is 0 Å². The van der Waals surface area contributed by atoms with Gasteiger partial charge in [-0.05, 0) is 30.4 Å². The number of hydrogen-bond acceptors (Lipinski definition) is 4. The SMILES string of the molecule is O=C(NCC1CN(c2cccs2)C(=O)O1)C1CCCCC1. The van der Waals surface area contributed by atoms with E-state index >= 15 is 0 Å². The molecule has 2 heterocycles. The van der Waals surface area contributed by atoms with Crippen molar-refractivity contribution in [2.24, 2.45) is 5.92 Å². The predicted octanol–water partition coefficient (Wildman–Crippen LogP) is 2.77. The third kappa shape index (κ3) is 3.37. The summed E-state index contributed by atoms with van der Waals surface area (Å²) in [5.41, 5.74) is 0. The van der Waals surface area contributed by atoms with Crippen LogP contribution in [0, 0.1) is 5.92 Å². The number of rotatable bonds is 4. The van der Waals surface area contributed by atoms with E-state index in [4.69, 9.17) is 4.74 Å². The van der Waals surface area contributed by atoms with Gasteiger partial charge in [-0.25, -0.2) is 4.79 Å². The van der Waals surface area contributed by atoms with Gasteiger partial charge in [-0.2, -0.15) is 0 Å². The molecule has 1 aromatic rings. The van der Waals surface area contributed by atoms with Crippen LogP contribution in [0.1, 0.15) is 32.1 Å². The lowest BCUT2D eigenvalue weighted by molar-refractivity contribution is -0.126. The van der Waals surface area contributed by atoms with Crippen molar-refractivity contribution in [2.75, 3.05) is 18.0 Å². The van der Waals surface area contributed by atoms with Crippen LogP contribution >= 0.6 is 11.3 Å². The molecular weight excluding hydrogens is 288 g/mol. The standard InChI is InChI=1S/C15H20N2O3S/c18-14(11-5-2-1-3-6-11)16-9-12-10-17(15(19)20-12)13-7-4-8-21-13/h4,7-8,11-12H,1-3,5-6,9-10H2,(H,16,18). The molecule has 2 fully saturated rings. The highest BCUT2D eigenvalue weighted by Gasteiger charge is 2.33. The van der Waals surface area contributed by atoms with Gasteiger partial charge in [0.1, 0.15) is 11.1 Å². The molecule has 1 saturated heterocycles. The molecule has 1 saturated carbocycles. The lowest BCUT2D eigenvalue weighted by atomic mass is 9.88. The normalized spacial score (nSPS) is 23.1. The first kappa shape index (κ1) is 14.4. The second-order valence-electron chi connectivity index (χ2n) is 5.65. The fourth-order valence-corrected chi connectivity index (χ4v) is 3.68. The Bertz CT molecular complexity index is 497. The summed E-state index contributed by atoms with van der Waals surface area (Å²) in [7, 11) is 0. The zero-order chi connectivity index (χ0) is 14.7. The average molecular weight is 308 g/mol. The molecule has 1 aliphatic heterocycles. The van der Waals surface area contributed by atoms with Gasteiger partial charge in [0.25, 0.3) is 0 Å². The predicted molar refractivity (Wildman–Crippen MR) is 81.5 cm³/mol. The molecule has 2 aliphatic rings. The number of cyclic esters (lactones) is 1. The van der Waals surface area contributed by atoms with Gasteiger partial charge < -0.3 is 10.1 Å². The number of hydrogen-bond donors (Lipinski definition) is 1. The van der Waals surface area contributed by atoms with Crippen LogP contribution in [0.5, 0.6) is 0 Å². The molecule has 0 bridgehead atoms. The minimum absolute atomic E-state index is 0.111. The molecule has 1 aliphatic carbocycles. The van der Waals surface area contributed by atoms with Crippen LogP contribution in [0.2, 0.25) is 0 Å². The highest BCUT2D eigenvalue weighted by molar-refractivity contribution is 7.14. The third-order valence-corrected chi connectivity index (χ3v) is 5.02. The summed E-state index contributed by atoms with van der Waals surface area (Å²) in [5.74, 6) is 0.254. The minimum Gasteiger partial charge on any atom is -0.442 e. The minimum atomic E-state index is -0.325. The smallest absolute Gasteiger partial charge is 0.415 e. The summed E-state index contributed by atoms with van der Waals surface area (Å²) < 4.78 is 5.31. The Hall–Kier alpha value is -1.56. The van der Waals surface area contributed by atoms with Crippen LogP contribution in [-0.4, -0.2) is 31.2 Å². The number of ether oxygens (including phenoxy) is 1. The number of anilines is 1. The Balaban J connectivity index is 1.48. The first-order valence-electron chi connectivity index (χ1n) is 7.53. The van der Waals surface area contributed by atoms with E-state index in [1.807, 2.05) is 17.5 Å². The van der Waals surface area contributed by atoms with Gasteiger partial charge in [0.2, 0.25) is 5.91 Å². The van der Waals surface area contributed by atoms with E-state index in [-0.39, 0.29) is 24.0 Å². The van der Waals surface area contributed by atoms with Gasteiger partial charge in [-0.1, -0.05) is 19.3 Å². The van der Waals surface area contributed by atoms with E-state index in [1.165, 1.54) is 17.8 Å². The number of carbonyl (C=O) groups is 2. The summed E-state index contributed by atoms with van der Waals surface area (Å²) in [6.45, 7) is 0.910. The quantitative estimate of drug-likeness (QED) is 0.930. The second-order valence-corrected chi connectivity index (χ2v) is 6.57. The van der Waals surface area contributed by atoms with Crippen LogP contribution in [0.3, 0.4) is 0 Å². The maximum absolute atomic E-state index is 12.1. The number of amides is 2. The summed E-state index contributed by atoms with van der Waals surface area (Å²) in [6.07, 6.45) is 4.90. The molecule has 0 aromatic carbocycles. The molecule has 0 spiro atoms. The van der Waals surface area contributed by atoms with E-state index < -0.39 is 0 Å². The van der Waals surface area contributed by atoms with Gasteiger partial charge >= 0.3 is 6.09 Å². The van der Waals surface area contributed by atoms with Gasteiger partial charge in [0.15, 0.2) is 0 Å². The first-order chi connectivity index (χ1) is 10.2. The molecule has 0 radical (unpaired) electrons. The summed E-state index contributed by atoms with van der Waals surface area (Å²) in [5, 5.41) is 5.76. The highest BCUT2D eigenvalue weighted by atomic mass is 32.1. The maximum atomic E-state index is 12.1. The van der Waals surface area contributed by atoms with E-state index in [0.717, 1.165) is 30.7 Å². The van der Waals surface area contributed by atoms with Crippen LogP contribution in [0.15, 0.2) is 17.5 Å². The van der Waals surface area contributed by atoms with Gasteiger partial charge in [0.05, 0.1) is 13.1 Å². The fourth-order valence-electron chi connectivity index (χ4n) is 2.95. The monoisotopic (exact) mass is 308 g/mol. The van der Waals surface area contributed by atoms with E-state index in [2.05, 4.69) is 5.32 Å². The topological polar surface area (TPSA) is 58.6 Å². The summed E-state index contributed by atoms with van der Waals surface area (Å²) in [4.78, 5) is 25.5. The second kappa shape index (κ2) is 6.47. The third-order valence-electron chi connectivity index (χ3n) is 4.13. The Kier molecular flexibility index (Phi) is 4.43. The van der Waals surface area contributed by atoms with Crippen molar-refractivity contribution in [3.63, 3.8) is 0 Å². The molecule has 1 unspecified atom stereocenters. The van der Waals surface area contributed by atoms with Crippen molar-refractivity contribution in [1.29, 1.82) is 0 Å². The molecule has 6 heteroatoms. The Morgan fingerprint density at radius 3 is 2.90 bits per heavy atom. The number of carbonyl (C=O) groups excluding carboxylic acids is 2. The Morgan fingerprint density at radius 1 is 1.38 bits per heavy atom. The molecule has 5 nitrogen and oxygen atoms in total. The lowest BCUT2D eigenvalue weighted by Gasteiger charge is -2.21. The molecule has 21 heavy (non-hydrogen) atoms. The zero-order valence-electron chi connectivity index (χ0n) is 11.9. The zero-order valence-corrected chi connectivity index (χ0v) is 12.7. The fraction of sp³-hybridized carbons (Fsp3) is 0.600.